The quantitative estimate of drug-likeness (QED) is 0.537. The number of alkyl halides is 1. The number of hydrogen-bond acceptors (Lipinski definition) is 1. The lowest BCUT2D eigenvalue weighted by Gasteiger charge is -2.21. The van der Waals surface area contributed by atoms with Gasteiger partial charge in [-0.2, -0.15) is 0 Å². The van der Waals surface area contributed by atoms with Gasteiger partial charge >= 0.3 is 0 Å². The van der Waals surface area contributed by atoms with Crippen LogP contribution in [0.1, 0.15) is 20.3 Å². The number of likely N-dealkylation sites (tertiary alicyclic amines) is 1. The van der Waals surface area contributed by atoms with Gasteiger partial charge in [0.05, 0.1) is 0 Å². The van der Waals surface area contributed by atoms with Crippen molar-refractivity contribution in [1.82, 2.24) is 4.90 Å². The summed E-state index contributed by atoms with van der Waals surface area (Å²) in [6.07, 6.45) is 0.830. The number of nitrogens with zero attached hydrogens (tertiary/aromatic N) is 1. The van der Waals surface area contributed by atoms with E-state index in [2.05, 4.69) is 18.7 Å². The summed E-state index contributed by atoms with van der Waals surface area (Å²) in [6.45, 7) is 5.95. The molecule has 2 rings (SSSR count). The van der Waals surface area contributed by atoms with Gasteiger partial charge in [0.1, 0.15) is 5.67 Å². The molecule has 2 atom stereocenters. The zero-order valence-electron chi connectivity index (χ0n) is 6.60. The molecule has 0 aromatic rings. The number of hydrogen-bond donors (Lipinski definition) is 0. The third kappa shape index (κ3) is 0.782. The van der Waals surface area contributed by atoms with Gasteiger partial charge in [-0.15, -0.1) is 0 Å². The molecule has 1 heterocycles. The molecule has 1 saturated carbocycles. The summed E-state index contributed by atoms with van der Waals surface area (Å²) in [4.78, 5) is 2.23. The average Bonchev–Trinajstić information content (AvgIpc) is 2.32. The summed E-state index contributed by atoms with van der Waals surface area (Å²) < 4.78 is 13.3. The Kier molecular flexibility index (Phi) is 1.14. The summed E-state index contributed by atoms with van der Waals surface area (Å²) >= 11 is 0. The Morgan fingerprint density at radius 1 is 1.60 bits per heavy atom. The molecular formula is C8H14FN. The van der Waals surface area contributed by atoms with Crippen molar-refractivity contribution >= 4 is 0 Å². The second kappa shape index (κ2) is 1.73. The fraction of sp³-hybridized carbons (Fsp3) is 1.00. The lowest BCUT2D eigenvalue weighted by molar-refractivity contribution is 0.201. The van der Waals surface area contributed by atoms with Crippen LogP contribution in [0.5, 0.6) is 0 Å². The summed E-state index contributed by atoms with van der Waals surface area (Å²) in [5, 5.41) is 0. The van der Waals surface area contributed by atoms with Crippen LogP contribution in [0.2, 0.25) is 0 Å². The van der Waals surface area contributed by atoms with Gasteiger partial charge in [-0.05, 0) is 20.3 Å². The zero-order chi connectivity index (χ0) is 7.35. The Balaban J connectivity index is 1.97. The van der Waals surface area contributed by atoms with Gasteiger partial charge in [0.15, 0.2) is 0 Å². The third-order valence-electron chi connectivity index (χ3n) is 2.81. The van der Waals surface area contributed by atoms with E-state index >= 15 is 0 Å². The van der Waals surface area contributed by atoms with Crippen LogP contribution < -0.4 is 0 Å². The summed E-state index contributed by atoms with van der Waals surface area (Å²) in [5.41, 5.74) is -0.760. The first kappa shape index (κ1) is 6.59. The van der Waals surface area contributed by atoms with Crippen molar-refractivity contribution < 1.29 is 4.39 Å². The lowest BCUT2D eigenvalue weighted by atomic mass is 10.3. The molecule has 2 fully saturated rings. The van der Waals surface area contributed by atoms with E-state index in [-0.39, 0.29) is 0 Å². The standard InChI is InChI=1S/C8H14FN/c1-6(2)10-4-7-3-8(7,9)5-10/h6-7H,3-5H2,1-2H3. The molecule has 1 aliphatic carbocycles. The molecule has 2 unspecified atom stereocenters. The highest BCUT2D eigenvalue weighted by atomic mass is 19.1. The second-order valence-electron chi connectivity index (χ2n) is 3.96. The van der Waals surface area contributed by atoms with Crippen LogP contribution in [0.3, 0.4) is 0 Å². The summed E-state index contributed by atoms with van der Waals surface area (Å²) in [6, 6.07) is 0.528. The SMILES string of the molecule is CC(C)N1CC2CC2(F)C1. The minimum Gasteiger partial charge on any atom is -0.297 e. The molecule has 0 spiro atoms. The van der Waals surface area contributed by atoms with Crippen molar-refractivity contribution in [1.29, 1.82) is 0 Å². The van der Waals surface area contributed by atoms with Crippen LogP contribution >= 0.6 is 0 Å². The van der Waals surface area contributed by atoms with Gasteiger partial charge in [0, 0.05) is 25.0 Å². The first-order chi connectivity index (χ1) is 4.62. The predicted octanol–water partition coefficient (Wildman–Crippen LogP) is 1.44. The minimum atomic E-state index is -0.760. The second-order valence-corrected chi connectivity index (χ2v) is 3.96. The zero-order valence-corrected chi connectivity index (χ0v) is 6.60. The minimum absolute atomic E-state index is 0.384. The fourth-order valence-corrected chi connectivity index (χ4v) is 1.85. The predicted molar refractivity (Wildman–Crippen MR) is 38.7 cm³/mol. The van der Waals surface area contributed by atoms with E-state index in [4.69, 9.17) is 0 Å². The van der Waals surface area contributed by atoms with E-state index in [1.807, 2.05) is 0 Å². The van der Waals surface area contributed by atoms with Crippen molar-refractivity contribution in [2.75, 3.05) is 13.1 Å². The van der Waals surface area contributed by atoms with E-state index < -0.39 is 5.67 Å². The van der Waals surface area contributed by atoms with Crippen molar-refractivity contribution in [3.05, 3.63) is 0 Å². The van der Waals surface area contributed by atoms with Crippen LogP contribution in [0, 0.1) is 5.92 Å². The maximum Gasteiger partial charge on any atom is 0.128 e. The van der Waals surface area contributed by atoms with Crippen LogP contribution in [0.25, 0.3) is 0 Å². The molecule has 0 amide bonds. The third-order valence-corrected chi connectivity index (χ3v) is 2.81. The highest BCUT2D eigenvalue weighted by molar-refractivity contribution is 5.12. The van der Waals surface area contributed by atoms with Crippen molar-refractivity contribution in [2.45, 2.75) is 32.0 Å². The molecule has 1 nitrogen and oxygen atoms in total. The summed E-state index contributed by atoms with van der Waals surface area (Å²) in [7, 11) is 0. The van der Waals surface area contributed by atoms with E-state index in [1.54, 1.807) is 0 Å². The first-order valence-electron chi connectivity index (χ1n) is 4.05. The van der Waals surface area contributed by atoms with Gasteiger partial charge in [-0.25, -0.2) is 4.39 Å². The first-order valence-corrected chi connectivity index (χ1v) is 4.05. The molecule has 0 aromatic carbocycles. The molecule has 1 saturated heterocycles. The topological polar surface area (TPSA) is 3.24 Å². The van der Waals surface area contributed by atoms with Crippen molar-refractivity contribution in [3.8, 4) is 0 Å². The van der Waals surface area contributed by atoms with Gasteiger partial charge < -0.3 is 0 Å². The van der Waals surface area contributed by atoms with E-state index in [0.717, 1.165) is 13.0 Å². The largest absolute Gasteiger partial charge is 0.297 e. The van der Waals surface area contributed by atoms with Crippen LogP contribution in [0.15, 0.2) is 0 Å². The Bertz CT molecular complexity index is 157. The van der Waals surface area contributed by atoms with E-state index in [1.165, 1.54) is 0 Å². The Morgan fingerprint density at radius 3 is 2.60 bits per heavy atom. The molecule has 1 aliphatic heterocycles. The molecule has 2 aliphatic rings. The Labute approximate surface area is 61.2 Å². The molecule has 58 valence electrons. The number of rotatable bonds is 1. The van der Waals surface area contributed by atoms with Crippen LogP contribution in [-0.4, -0.2) is 29.7 Å². The van der Waals surface area contributed by atoms with Crippen LogP contribution in [0.4, 0.5) is 4.39 Å². The smallest absolute Gasteiger partial charge is 0.128 e. The Morgan fingerprint density at radius 2 is 2.30 bits per heavy atom. The maximum absolute atomic E-state index is 13.3. The van der Waals surface area contributed by atoms with Crippen molar-refractivity contribution in [3.63, 3.8) is 0 Å². The highest BCUT2D eigenvalue weighted by Gasteiger charge is 2.61. The normalized spacial score (nSPS) is 46.2. The van der Waals surface area contributed by atoms with Gasteiger partial charge in [0.2, 0.25) is 0 Å². The monoisotopic (exact) mass is 143 g/mol. The molecule has 0 radical (unpaired) electrons. The van der Waals surface area contributed by atoms with Crippen LogP contribution in [-0.2, 0) is 0 Å². The Hall–Kier alpha value is -0.110. The highest BCUT2D eigenvalue weighted by Crippen LogP contribution is 2.52. The molecule has 0 aromatic heterocycles. The van der Waals surface area contributed by atoms with Gasteiger partial charge in [-0.1, -0.05) is 0 Å². The molecule has 0 N–H and O–H groups in total. The molecule has 10 heavy (non-hydrogen) atoms. The van der Waals surface area contributed by atoms with Gasteiger partial charge in [0.25, 0.3) is 0 Å². The fourth-order valence-electron chi connectivity index (χ4n) is 1.85. The maximum atomic E-state index is 13.3. The lowest BCUT2D eigenvalue weighted by Crippen LogP contribution is -2.31. The summed E-state index contributed by atoms with van der Waals surface area (Å²) in [5.74, 6) is 0.384. The molecule has 0 bridgehead atoms. The van der Waals surface area contributed by atoms with Gasteiger partial charge in [-0.3, -0.25) is 4.90 Å². The van der Waals surface area contributed by atoms with Crippen molar-refractivity contribution in [2.24, 2.45) is 5.92 Å². The number of piperidine rings is 1. The number of halogens is 1. The van der Waals surface area contributed by atoms with E-state index in [9.17, 15) is 4.39 Å². The van der Waals surface area contributed by atoms with E-state index in [0.29, 0.717) is 18.5 Å². The number of fused-ring (bicyclic) bond motifs is 1. The molecule has 2 heteroatoms. The molecular weight excluding hydrogens is 129 g/mol. The average molecular weight is 143 g/mol.